The van der Waals surface area contributed by atoms with E-state index in [2.05, 4.69) is 36.3 Å². The van der Waals surface area contributed by atoms with E-state index in [0.29, 0.717) is 12.1 Å². The number of aromatic nitrogens is 4. The van der Waals surface area contributed by atoms with Crippen molar-refractivity contribution in [2.45, 2.75) is 31.7 Å². The van der Waals surface area contributed by atoms with Gasteiger partial charge in [-0.3, -0.25) is 4.79 Å². The molecule has 1 N–H and O–H groups in total. The fourth-order valence-electron chi connectivity index (χ4n) is 2.92. The predicted molar refractivity (Wildman–Crippen MR) is 111 cm³/mol. The number of carbonyl (C=O) groups excluding carboxylic acids is 1. The van der Waals surface area contributed by atoms with Gasteiger partial charge in [-0.1, -0.05) is 0 Å². The van der Waals surface area contributed by atoms with Crippen LogP contribution in [0.5, 0.6) is 5.75 Å². The van der Waals surface area contributed by atoms with Gasteiger partial charge in [0.15, 0.2) is 11.6 Å². The molecule has 1 aromatic carbocycles. The van der Waals surface area contributed by atoms with Gasteiger partial charge in [0.05, 0.1) is 23.4 Å². The quantitative estimate of drug-likeness (QED) is 0.364. The third kappa shape index (κ3) is 6.67. The number of amides is 1. The molecular formula is C20H14BrF8N5O2. The molecule has 16 heteroatoms. The van der Waals surface area contributed by atoms with Gasteiger partial charge in [0.2, 0.25) is 4.73 Å². The molecule has 0 fully saturated rings. The molecule has 1 atom stereocenters. The summed E-state index contributed by atoms with van der Waals surface area (Å²) < 4.78 is 109. The number of carbonyl (C=O) groups is 1. The van der Waals surface area contributed by atoms with E-state index in [4.69, 9.17) is 4.74 Å². The van der Waals surface area contributed by atoms with E-state index < -0.39 is 54.0 Å². The summed E-state index contributed by atoms with van der Waals surface area (Å²) in [5.74, 6) is -1.08. The fourth-order valence-corrected chi connectivity index (χ4v) is 3.26. The number of rotatable bonds is 7. The summed E-state index contributed by atoms with van der Waals surface area (Å²) in [5.41, 5.74) is -4.15. The van der Waals surface area contributed by atoms with Crippen LogP contribution in [0.25, 0.3) is 5.82 Å². The van der Waals surface area contributed by atoms with Crippen molar-refractivity contribution in [3.63, 3.8) is 0 Å². The van der Waals surface area contributed by atoms with Crippen LogP contribution >= 0.6 is 15.9 Å². The number of alkyl halides is 8. The number of nitrogens with one attached hydrogen (secondary N) is 1. The van der Waals surface area contributed by atoms with Crippen molar-refractivity contribution in [2.24, 2.45) is 0 Å². The first-order valence-electron chi connectivity index (χ1n) is 9.75. The lowest BCUT2D eigenvalue weighted by molar-refractivity contribution is -0.143. The zero-order valence-electron chi connectivity index (χ0n) is 17.8. The Kier molecular flexibility index (Phi) is 7.85. The molecule has 1 unspecified atom stereocenters. The summed E-state index contributed by atoms with van der Waals surface area (Å²) >= 11 is 3.04. The van der Waals surface area contributed by atoms with E-state index >= 15 is 0 Å². The zero-order chi connectivity index (χ0) is 26.8. The summed E-state index contributed by atoms with van der Waals surface area (Å²) in [7, 11) is 0. The summed E-state index contributed by atoms with van der Waals surface area (Å²) in [5, 5.41) is 6.31. The Morgan fingerprint density at radius 2 is 1.69 bits per heavy atom. The molecule has 1 amide bonds. The van der Waals surface area contributed by atoms with Crippen LogP contribution in [0.3, 0.4) is 0 Å². The Morgan fingerprint density at radius 3 is 2.19 bits per heavy atom. The van der Waals surface area contributed by atoms with Gasteiger partial charge in [0, 0.05) is 5.56 Å². The van der Waals surface area contributed by atoms with Gasteiger partial charge in [0.25, 0.3) is 12.3 Å². The van der Waals surface area contributed by atoms with Crippen molar-refractivity contribution in [2.75, 3.05) is 6.61 Å². The number of ether oxygens (including phenoxy) is 1. The van der Waals surface area contributed by atoms with Gasteiger partial charge in [0.1, 0.15) is 12.4 Å². The second-order valence-corrected chi connectivity index (χ2v) is 7.90. The number of benzene rings is 1. The maximum absolute atomic E-state index is 13.1. The molecule has 0 aliphatic carbocycles. The molecule has 3 aromatic rings. The standard InChI is InChI=1S/C20H14BrF8N5O2/c1-9(31-17(35)10-4-11(19(24,25)26)6-12(5-10)20(27,28)29)16-32-18(21)33-34(16)15-3-2-13(7-30-15)36-8-14(22)23/h2-7,9,14H,8H2,1H3,(H,31,35). The Hall–Kier alpha value is -3.30. The smallest absolute Gasteiger partial charge is 0.416 e. The van der Waals surface area contributed by atoms with Crippen LogP contribution in [-0.4, -0.2) is 38.7 Å². The average Bonchev–Trinajstić information content (AvgIpc) is 3.18. The van der Waals surface area contributed by atoms with Crippen molar-refractivity contribution in [1.82, 2.24) is 25.1 Å². The van der Waals surface area contributed by atoms with E-state index in [-0.39, 0.29) is 28.2 Å². The Labute approximate surface area is 205 Å². The van der Waals surface area contributed by atoms with Crippen LogP contribution in [0, 0.1) is 0 Å². The molecule has 0 aliphatic heterocycles. The average molecular weight is 588 g/mol. The first-order valence-corrected chi connectivity index (χ1v) is 10.5. The van der Waals surface area contributed by atoms with Crippen LogP contribution in [0.15, 0.2) is 41.3 Å². The zero-order valence-corrected chi connectivity index (χ0v) is 19.4. The molecule has 0 radical (unpaired) electrons. The highest BCUT2D eigenvalue weighted by Gasteiger charge is 2.37. The maximum Gasteiger partial charge on any atom is 0.416 e. The molecule has 0 bridgehead atoms. The highest BCUT2D eigenvalue weighted by Crippen LogP contribution is 2.36. The molecule has 3 rings (SSSR count). The predicted octanol–water partition coefficient (Wildman–Crippen LogP) is 5.60. The second kappa shape index (κ2) is 10.4. The lowest BCUT2D eigenvalue weighted by Gasteiger charge is -2.17. The van der Waals surface area contributed by atoms with Crippen molar-refractivity contribution >= 4 is 21.8 Å². The monoisotopic (exact) mass is 587 g/mol. The highest BCUT2D eigenvalue weighted by atomic mass is 79.9. The first-order chi connectivity index (χ1) is 16.6. The van der Waals surface area contributed by atoms with Crippen molar-refractivity contribution in [3.05, 3.63) is 63.8 Å². The first kappa shape index (κ1) is 27.3. The molecule has 194 valence electrons. The second-order valence-electron chi connectivity index (χ2n) is 7.19. The third-order valence-corrected chi connectivity index (χ3v) is 4.84. The Morgan fingerprint density at radius 1 is 1.08 bits per heavy atom. The topological polar surface area (TPSA) is 81.9 Å². The minimum absolute atomic E-state index is 0.00648. The number of nitrogens with zero attached hydrogens (tertiary/aromatic N) is 4. The Balaban J connectivity index is 1.87. The molecule has 0 spiro atoms. The normalized spacial score (nSPS) is 13.1. The van der Waals surface area contributed by atoms with Crippen LogP contribution in [0.4, 0.5) is 35.1 Å². The maximum atomic E-state index is 13.1. The van der Waals surface area contributed by atoms with E-state index in [1.54, 1.807) is 0 Å². The molecule has 7 nitrogen and oxygen atoms in total. The largest absolute Gasteiger partial charge is 0.486 e. The van der Waals surface area contributed by atoms with Crippen LogP contribution in [0.1, 0.15) is 40.3 Å². The number of pyridine rings is 1. The van der Waals surface area contributed by atoms with Crippen LogP contribution in [-0.2, 0) is 12.4 Å². The van der Waals surface area contributed by atoms with Crippen LogP contribution in [0.2, 0.25) is 0 Å². The third-order valence-electron chi connectivity index (χ3n) is 4.50. The van der Waals surface area contributed by atoms with Gasteiger partial charge in [-0.15, -0.1) is 5.10 Å². The summed E-state index contributed by atoms with van der Waals surface area (Å²) in [4.78, 5) is 20.7. The molecule has 2 heterocycles. The lowest BCUT2D eigenvalue weighted by atomic mass is 10.0. The fraction of sp³-hybridized carbons (Fsp3) is 0.300. The molecular weight excluding hydrogens is 574 g/mol. The van der Waals surface area contributed by atoms with E-state index in [1.807, 2.05) is 0 Å². The van der Waals surface area contributed by atoms with E-state index in [9.17, 15) is 39.9 Å². The van der Waals surface area contributed by atoms with Crippen molar-refractivity contribution in [3.8, 4) is 11.6 Å². The molecule has 36 heavy (non-hydrogen) atoms. The van der Waals surface area contributed by atoms with Gasteiger partial charge in [-0.05, 0) is 53.2 Å². The lowest BCUT2D eigenvalue weighted by Crippen LogP contribution is -2.29. The highest BCUT2D eigenvalue weighted by molar-refractivity contribution is 9.10. The van der Waals surface area contributed by atoms with E-state index in [0.717, 1.165) is 10.9 Å². The molecule has 0 saturated carbocycles. The SMILES string of the molecule is CC(NC(=O)c1cc(C(F)(F)F)cc(C(F)(F)F)c1)c1nc(Br)nn1-c1ccc(OCC(F)F)cn1. The summed E-state index contributed by atoms with van der Waals surface area (Å²) in [6.07, 6.45) is -11.8. The Bertz CT molecular complexity index is 1200. The number of halogens is 9. The van der Waals surface area contributed by atoms with Gasteiger partial charge in [-0.25, -0.2) is 18.7 Å². The molecule has 0 saturated heterocycles. The molecule has 2 aromatic heterocycles. The van der Waals surface area contributed by atoms with Crippen molar-refractivity contribution in [1.29, 1.82) is 0 Å². The number of hydrogen-bond acceptors (Lipinski definition) is 5. The minimum Gasteiger partial charge on any atom is -0.486 e. The van der Waals surface area contributed by atoms with Crippen molar-refractivity contribution < 1.29 is 44.7 Å². The summed E-state index contributed by atoms with van der Waals surface area (Å²) in [6.45, 7) is 0.513. The minimum atomic E-state index is -5.12. The van der Waals surface area contributed by atoms with Crippen LogP contribution < -0.4 is 10.1 Å². The van der Waals surface area contributed by atoms with Gasteiger partial charge < -0.3 is 10.1 Å². The van der Waals surface area contributed by atoms with Gasteiger partial charge in [-0.2, -0.15) is 31.0 Å². The van der Waals surface area contributed by atoms with Gasteiger partial charge >= 0.3 is 12.4 Å². The number of hydrogen-bond donors (Lipinski definition) is 1. The molecule has 0 aliphatic rings. The van der Waals surface area contributed by atoms with E-state index in [1.165, 1.54) is 19.1 Å². The summed E-state index contributed by atoms with van der Waals surface area (Å²) in [6, 6.07) is 2.09.